The van der Waals surface area contributed by atoms with Crippen molar-refractivity contribution >= 4 is 17.3 Å². The lowest BCUT2D eigenvalue weighted by Gasteiger charge is -2.41. The lowest BCUT2D eigenvalue weighted by Crippen LogP contribution is -2.53. The minimum absolute atomic E-state index is 0.0461. The number of carbonyl (C=O) groups excluding carboxylic acids is 3. The summed E-state index contributed by atoms with van der Waals surface area (Å²) in [6.45, 7) is 1.36. The van der Waals surface area contributed by atoms with Crippen LogP contribution in [-0.4, -0.2) is 70.4 Å². The van der Waals surface area contributed by atoms with Gasteiger partial charge in [0.15, 0.2) is 17.9 Å². The van der Waals surface area contributed by atoms with Crippen LogP contribution in [0.4, 0.5) is 0 Å². The van der Waals surface area contributed by atoms with Gasteiger partial charge in [-0.1, -0.05) is 24.3 Å². The quantitative estimate of drug-likeness (QED) is 0.386. The predicted molar refractivity (Wildman–Crippen MR) is 124 cm³/mol. The van der Waals surface area contributed by atoms with Gasteiger partial charge >= 0.3 is 0 Å². The Morgan fingerprint density at radius 2 is 1.72 bits per heavy atom. The van der Waals surface area contributed by atoms with Crippen molar-refractivity contribution in [1.29, 1.82) is 0 Å². The van der Waals surface area contributed by atoms with E-state index >= 15 is 0 Å². The number of aromatic hydroxyl groups is 2. The highest BCUT2D eigenvalue weighted by atomic mass is 16.7. The van der Waals surface area contributed by atoms with Crippen LogP contribution in [0.1, 0.15) is 68.8 Å². The van der Waals surface area contributed by atoms with Crippen LogP contribution in [0.5, 0.6) is 11.5 Å². The first-order chi connectivity index (χ1) is 17.1. The van der Waals surface area contributed by atoms with E-state index in [2.05, 4.69) is 0 Å². The number of aliphatic hydroxyl groups excluding tert-OH is 1. The number of fused-ring (bicyclic) bond motifs is 3. The van der Waals surface area contributed by atoms with Crippen LogP contribution in [0.15, 0.2) is 24.3 Å². The molecule has 10 nitrogen and oxygen atoms in total. The maximum absolute atomic E-state index is 13.3. The molecule has 1 aliphatic heterocycles. The second-order valence-corrected chi connectivity index (χ2v) is 9.60. The second-order valence-electron chi connectivity index (χ2n) is 9.60. The summed E-state index contributed by atoms with van der Waals surface area (Å²) in [5.41, 5.74) is 4.66. The number of carbonyl (C=O) groups is 3. The summed E-state index contributed by atoms with van der Waals surface area (Å²) in [5, 5.41) is 33.0. The maximum Gasteiger partial charge on any atom is 0.198 e. The zero-order valence-electron chi connectivity index (χ0n) is 19.8. The number of nitrogens with two attached hydrogens (primary N) is 1. The Morgan fingerprint density at radius 1 is 1.11 bits per heavy atom. The molecule has 2 aliphatic carbocycles. The normalized spacial score (nSPS) is 29.3. The Kier molecular flexibility index (Phi) is 5.97. The molecule has 0 saturated carbocycles. The van der Waals surface area contributed by atoms with Crippen LogP contribution in [-0.2, 0) is 25.4 Å². The predicted octanol–water partition coefficient (Wildman–Crippen LogP) is 1.29. The van der Waals surface area contributed by atoms with Crippen molar-refractivity contribution < 1.29 is 43.9 Å². The number of ketones is 3. The molecule has 1 fully saturated rings. The molecule has 0 radical (unpaired) electrons. The molecule has 36 heavy (non-hydrogen) atoms. The van der Waals surface area contributed by atoms with Gasteiger partial charge in [0, 0.05) is 48.6 Å². The summed E-state index contributed by atoms with van der Waals surface area (Å²) < 4.78 is 16.9. The van der Waals surface area contributed by atoms with Gasteiger partial charge in [0.2, 0.25) is 0 Å². The molecule has 5 atom stereocenters. The zero-order chi connectivity index (χ0) is 25.9. The number of hydrogen-bond acceptors (Lipinski definition) is 10. The van der Waals surface area contributed by atoms with Gasteiger partial charge in [-0.3, -0.25) is 14.4 Å². The van der Waals surface area contributed by atoms with Gasteiger partial charge in [0.1, 0.15) is 23.4 Å². The van der Waals surface area contributed by atoms with E-state index in [1.54, 1.807) is 12.1 Å². The molecule has 190 valence electrons. The summed E-state index contributed by atoms with van der Waals surface area (Å²) in [5.74, 6) is -2.63. The fourth-order valence-corrected chi connectivity index (χ4v) is 5.35. The first-order valence-electron chi connectivity index (χ1n) is 11.6. The van der Waals surface area contributed by atoms with Crippen LogP contribution in [0.3, 0.4) is 0 Å². The molecule has 0 amide bonds. The summed E-state index contributed by atoms with van der Waals surface area (Å²) >= 11 is 0. The van der Waals surface area contributed by atoms with Crippen molar-refractivity contribution in [2.45, 2.75) is 56.3 Å². The van der Waals surface area contributed by atoms with Gasteiger partial charge in [-0.25, -0.2) is 0 Å². The average molecular weight is 498 g/mol. The van der Waals surface area contributed by atoms with Gasteiger partial charge in [0.05, 0.1) is 35.5 Å². The van der Waals surface area contributed by atoms with Crippen LogP contribution in [0, 0.1) is 0 Å². The fraction of sp³-hybridized carbons (Fsp3) is 0.423. The Labute approximate surface area is 206 Å². The summed E-state index contributed by atoms with van der Waals surface area (Å²) in [6, 6.07) is 6.15. The van der Waals surface area contributed by atoms with E-state index in [0.29, 0.717) is 0 Å². The number of phenols is 2. The monoisotopic (exact) mass is 497 g/mol. The molecule has 3 unspecified atom stereocenters. The Morgan fingerprint density at radius 3 is 2.28 bits per heavy atom. The molecule has 3 aliphatic rings. The Bertz CT molecular complexity index is 1290. The molecule has 5 rings (SSSR count). The minimum atomic E-state index is -1.47. The maximum atomic E-state index is 13.3. The molecular formula is C26H27NO9. The van der Waals surface area contributed by atoms with E-state index in [0.717, 1.165) is 0 Å². The van der Waals surface area contributed by atoms with Crippen molar-refractivity contribution in [1.82, 2.24) is 0 Å². The lowest BCUT2D eigenvalue weighted by molar-refractivity contribution is -0.241. The molecule has 0 spiro atoms. The van der Waals surface area contributed by atoms with E-state index in [1.165, 1.54) is 26.2 Å². The molecule has 5 N–H and O–H groups in total. The van der Waals surface area contributed by atoms with Crippen molar-refractivity contribution in [3.63, 3.8) is 0 Å². The molecular weight excluding hydrogens is 470 g/mol. The Balaban J connectivity index is 1.64. The number of ether oxygens (including phenoxy) is 3. The zero-order valence-corrected chi connectivity index (χ0v) is 19.8. The molecule has 0 aromatic heterocycles. The number of phenolic OH excluding ortho intramolecular Hbond substituents is 2. The highest BCUT2D eigenvalue weighted by Crippen LogP contribution is 2.51. The third kappa shape index (κ3) is 3.64. The number of rotatable bonds is 4. The van der Waals surface area contributed by atoms with Crippen molar-refractivity contribution in [3.8, 4) is 11.5 Å². The number of Topliss-reactive ketones (excluding diaryl/α,β-unsaturated/α-hetero) is 1. The third-order valence-electron chi connectivity index (χ3n) is 7.45. The van der Waals surface area contributed by atoms with E-state index in [-0.39, 0.29) is 65.0 Å². The number of methoxy groups -OCH3 is 1. The van der Waals surface area contributed by atoms with Gasteiger partial charge in [-0.2, -0.15) is 0 Å². The van der Waals surface area contributed by atoms with Crippen LogP contribution >= 0.6 is 0 Å². The SMILES string of the molecule is COC1COC(O[C@H]2C[C@](N)(C(C)=O)Cc3c(O)c4c(c(O)c32)C(=O)c2ccccc2C4=O)CC1O. The van der Waals surface area contributed by atoms with Crippen LogP contribution in [0.25, 0.3) is 0 Å². The molecule has 1 saturated heterocycles. The topological polar surface area (TPSA) is 166 Å². The summed E-state index contributed by atoms with van der Waals surface area (Å²) in [4.78, 5) is 39.2. The van der Waals surface area contributed by atoms with E-state index in [1.807, 2.05) is 0 Å². The van der Waals surface area contributed by atoms with E-state index in [4.69, 9.17) is 19.9 Å². The molecule has 1 heterocycles. The van der Waals surface area contributed by atoms with Crippen LogP contribution < -0.4 is 5.73 Å². The largest absolute Gasteiger partial charge is 0.507 e. The molecule has 0 bridgehead atoms. The smallest absolute Gasteiger partial charge is 0.198 e. The number of hydrogen-bond donors (Lipinski definition) is 4. The highest BCUT2D eigenvalue weighted by Gasteiger charge is 2.48. The lowest BCUT2D eigenvalue weighted by atomic mass is 9.71. The molecule has 10 heteroatoms. The molecule has 2 aromatic rings. The third-order valence-corrected chi connectivity index (χ3v) is 7.45. The summed E-state index contributed by atoms with van der Waals surface area (Å²) in [7, 11) is 1.45. The van der Waals surface area contributed by atoms with Gasteiger partial charge in [0.25, 0.3) is 0 Å². The minimum Gasteiger partial charge on any atom is -0.507 e. The Hall–Kier alpha value is -3.15. The van der Waals surface area contributed by atoms with Gasteiger partial charge < -0.3 is 35.3 Å². The second kappa shape index (κ2) is 8.75. The first kappa shape index (κ1) is 24.5. The average Bonchev–Trinajstić information content (AvgIpc) is 2.84. The van der Waals surface area contributed by atoms with E-state index < -0.39 is 53.2 Å². The van der Waals surface area contributed by atoms with Crippen molar-refractivity contribution in [2.75, 3.05) is 13.7 Å². The fourth-order valence-electron chi connectivity index (χ4n) is 5.35. The van der Waals surface area contributed by atoms with Crippen molar-refractivity contribution in [2.24, 2.45) is 5.73 Å². The van der Waals surface area contributed by atoms with Gasteiger partial charge in [-0.05, 0) is 6.92 Å². The first-order valence-corrected chi connectivity index (χ1v) is 11.6. The number of benzene rings is 2. The summed E-state index contributed by atoms with van der Waals surface area (Å²) in [6.07, 6.45) is -3.64. The highest BCUT2D eigenvalue weighted by molar-refractivity contribution is 6.30. The number of aliphatic hydroxyl groups is 1. The standard InChI is InChI=1S/C26H27NO9/c1-11(28)26(27)8-14-19(16(9-26)36-18-7-15(29)17(34-2)10-35-18)25(33)21-20(24(14)32)22(30)12-5-3-4-6-13(12)23(21)31/h3-6,15-18,29,32-33H,7-10,27H2,1-2H3/t15?,16-,17?,18?,26-/m0/s1. The van der Waals surface area contributed by atoms with E-state index in [9.17, 15) is 29.7 Å². The molecule has 2 aromatic carbocycles. The van der Waals surface area contributed by atoms with Crippen LogP contribution in [0.2, 0.25) is 0 Å². The van der Waals surface area contributed by atoms with Crippen molar-refractivity contribution in [3.05, 3.63) is 57.6 Å². The van der Waals surface area contributed by atoms with Gasteiger partial charge in [-0.15, -0.1) is 0 Å².